The van der Waals surface area contributed by atoms with E-state index in [2.05, 4.69) is 36.5 Å². The Morgan fingerprint density at radius 1 is 1.16 bits per heavy atom. The van der Waals surface area contributed by atoms with Crippen LogP contribution in [0.5, 0.6) is 11.5 Å². The van der Waals surface area contributed by atoms with Crippen LogP contribution in [0.3, 0.4) is 0 Å². The third-order valence-electron chi connectivity index (χ3n) is 3.64. The molecular formula is C20H25NO3S. The first-order valence-corrected chi connectivity index (χ1v) is 9.45. The van der Waals surface area contributed by atoms with E-state index in [9.17, 15) is 4.79 Å². The smallest absolute Gasteiger partial charge is 0.260 e. The Bertz CT molecular complexity index is 673. The summed E-state index contributed by atoms with van der Waals surface area (Å²) in [5.74, 6) is 3.13. The molecule has 0 heterocycles. The number of benzene rings is 2. The molecule has 0 spiro atoms. The van der Waals surface area contributed by atoms with E-state index in [-0.39, 0.29) is 5.91 Å². The third-order valence-corrected chi connectivity index (χ3v) is 4.67. The summed E-state index contributed by atoms with van der Waals surface area (Å²) in [6, 6.07) is 15.7. The molecule has 5 heteroatoms. The van der Waals surface area contributed by atoms with Gasteiger partial charge in [-0.2, -0.15) is 11.8 Å². The number of thioether (sulfide) groups is 1. The van der Waals surface area contributed by atoms with Gasteiger partial charge < -0.3 is 14.8 Å². The van der Waals surface area contributed by atoms with Crippen LogP contribution < -0.4 is 14.8 Å². The SMILES string of the molecule is COc1ccc(O[C@H](C)C(=O)NCCSCc2cccc(C)c2)cc1. The average Bonchev–Trinajstić information content (AvgIpc) is 2.62. The van der Waals surface area contributed by atoms with Crippen molar-refractivity contribution in [3.63, 3.8) is 0 Å². The molecular weight excluding hydrogens is 334 g/mol. The van der Waals surface area contributed by atoms with Gasteiger partial charge in [-0.05, 0) is 43.7 Å². The number of rotatable bonds is 9. The lowest BCUT2D eigenvalue weighted by Gasteiger charge is -2.15. The molecule has 2 rings (SSSR count). The number of nitrogens with one attached hydrogen (secondary N) is 1. The van der Waals surface area contributed by atoms with Gasteiger partial charge in [0.05, 0.1) is 7.11 Å². The topological polar surface area (TPSA) is 47.6 Å². The van der Waals surface area contributed by atoms with Crippen molar-refractivity contribution in [3.05, 3.63) is 59.7 Å². The molecule has 25 heavy (non-hydrogen) atoms. The molecule has 4 nitrogen and oxygen atoms in total. The molecule has 1 N–H and O–H groups in total. The van der Waals surface area contributed by atoms with Crippen LogP contribution in [0, 0.1) is 6.92 Å². The maximum Gasteiger partial charge on any atom is 0.260 e. The van der Waals surface area contributed by atoms with Crippen molar-refractivity contribution < 1.29 is 14.3 Å². The van der Waals surface area contributed by atoms with Gasteiger partial charge in [0.2, 0.25) is 0 Å². The van der Waals surface area contributed by atoms with E-state index in [0.29, 0.717) is 12.3 Å². The molecule has 0 saturated heterocycles. The molecule has 0 aliphatic rings. The van der Waals surface area contributed by atoms with E-state index in [0.717, 1.165) is 17.3 Å². The molecule has 0 saturated carbocycles. The van der Waals surface area contributed by atoms with Crippen molar-refractivity contribution in [1.82, 2.24) is 5.32 Å². The van der Waals surface area contributed by atoms with Gasteiger partial charge in [0.25, 0.3) is 5.91 Å². The Labute approximate surface area is 153 Å². The van der Waals surface area contributed by atoms with Crippen LogP contribution in [-0.4, -0.2) is 31.4 Å². The second kappa shape index (κ2) is 9.99. The van der Waals surface area contributed by atoms with Crippen LogP contribution >= 0.6 is 11.8 Å². The van der Waals surface area contributed by atoms with Crippen molar-refractivity contribution >= 4 is 17.7 Å². The maximum absolute atomic E-state index is 12.1. The normalized spacial score (nSPS) is 11.6. The van der Waals surface area contributed by atoms with Crippen LogP contribution in [0.4, 0.5) is 0 Å². The summed E-state index contributed by atoms with van der Waals surface area (Å²) in [5, 5.41) is 2.91. The number of hydrogen-bond donors (Lipinski definition) is 1. The molecule has 0 unspecified atom stereocenters. The number of methoxy groups -OCH3 is 1. The van der Waals surface area contributed by atoms with Gasteiger partial charge in [-0.1, -0.05) is 29.8 Å². The quantitative estimate of drug-likeness (QED) is 0.692. The Balaban J connectivity index is 1.65. The summed E-state index contributed by atoms with van der Waals surface area (Å²) in [5.41, 5.74) is 2.59. The van der Waals surface area contributed by atoms with E-state index >= 15 is 0 Å². The summed E-state index contributed by atoms with van der Waals surface area (Å²) in [6.07, 6.45) is -0.532. The minimum absolute atomic E-state index is 0.105. The molecule has 2 aromatic carbocycles. The first kappa shape index (κ1) is 19.2. The molecule has 134 valence electrons. The van der Waals surface area contributed by atoms with Gasteiger partial charge in [-0.25, -0.2) is 0 Å². The van der Waals surface area contributed by atoms with Crippen molar-refractivity contribution in [3.8, 4) is 11.5 Å². The number of ether oxygens (including phenoxy) is 2. The van der Waals surface area contributed by atoms with Crippen LogP contribution in [0.15, 0.2) is 48.5 Å². The highest BCUT2D eigenvalue weighted by atomic mass is 32.2. The third kappa shape index (κ3) is 6.70. The Morgan fingerprint density at radius 3 is 2.56 bits per heavy atom. The predicted octanol–water partition coefficient (Wildman–Crippen LogP) is 3.82. The standard InChI is InChI=1S/C20H25NO3S/c1-15-5-4-6-17(13-15)14-25-12-11-21-20(22)16(2)24-19-9-7-18(23-3)8-10-19/h4-10,13,16H,11-12,14H2,1-3H3,(H,21,22)/t16-/m1/s1. The number of carbonyl (C=O) groups excluding carboxylic acids is 1. The zero-order valence-electron chi connectivity index (χ0n) is 15.0. The summed E-state index contributed by atoms with van der Waals surface area (Å²) < 4.78 is 10.7. The van der Waals surface area contributed by atoms with Gasteiger partial charge in [-0.3, -0.25) is 4.79 Å². The van der Waals surface area contributed by atoms with Crippen molar-refractivity contribution in [2.75, 3.05) is 19.4 Å². The molecule has 0 fully saturated rings. The van der Waals surface area contributed by atoms with Crippen molar-refractivity contribution in [2.24, 2.45) is 0 Å². The first-order valence-electron chi connectivity index (χ1n) is 8.30. The minimum atomic E-state index is -0.532. The highest BCUT2D eigenvalue weighted by Crippen LogP contribution is 2.18. The number of aryl methyl sites for hydroxylation is 1. The summed E-state index contributed by atoms with van der Waals surface area (Å²) in [6.45, 7) is 4.48. The van der Waals surface area contributed by atoms with Crippen LogP contribution in [-0.2, 0) is 10.5 Å². The van der Waals surface area contributed by atoms with Crippen molar-refractivity contribution in [1.29, 1.82) is 0 Å². The number of carbonyl (C=O) groups is 1. The number of hydrogen-bond acceptors (Lipinski definition) is 4. The summed E-state index contributed by atoms with van der Waals surface area (Å²) in [4.78, 5) is 12.1. The zero-order valence-corrected chi connectivity index (χ0v) is 15.8. The fraction of sp³-hybridized carbons (Fsp3) is 0.350. The van der Waals surface area contributed by atoms with E-state index in [1.807, 2.05) is 23.9 Å². The van der Waals surface area contributed by atoms with E-state index in [4.69, 9.17) is 9.47 Å². The Kier molecular flexibility index (Phi) is 7.67. The second-order valence-corrected chi connectivity index (χ2v) is 6.87. The zero-order chi connectivity index (χ0) is 18.1. The van der Waals surface area contributed by atoms with Gasteiger partial charge >= 0.3 is 0 Å². The molecule has 0 aromatic heterocycles. The van der Waals surface area contributed by atoms with E-state index in [1.165, 1.54) is 11.1 Å². The molecule has 1 atom stereocenters. The lowest BCUT2D eigenvalue weighted by Crippen LogP contribution is -2.37. The monoisotopic (exact) mass is 359 g/mol. The van der Waals surface area contributed by atoms with Gasteiger partial charge in [-0.15, -0.1) is 0 Å². The highest BCUT2D eigenvalue weighted by Gasteiger charge is 2.13. The molecule has 1 amide bonds. The van der Waals surface area contributed by atoms with E-state index in [1.54, 1.807) is 26.2 Å². The largest absolute Gasteiger partial charge is 0.497 e. The summed E-state index contributed by atoms with van der Waals surface area (Å²) in [7, 11) is 1.61. The average molecular weight is 359 g/mol. The van der Waals surface area contributed by atoms with Crippen LogP contribution in [0.1, 0.15) is 18.1 Å². The lowest BCUT2D eigenvalue weighted by molar-refractivity contribution is -0.127. The molecule has 2 aromatic rings. The summed E-state index contributed by atoms with van der Waals surface area (Å²) >= 11 is 1.81. The lowest BCUT2D eigenvalue weighted by atomic mass is 10.2. The van der Waals surface area contributed by atoms with Crippen LogP contribution in [0.2, 0.25) is 0 Å². The second-order valence-electron chi connectivity index (χ2n) is 5.77. The van der Waals surface area contributed by atoms with Crippen molar-refractivity contribution in [2.45, 2.75) is 25.7 Å². The Morgan fingerprint density at radius 2 is 1.88 bits per heavy atom. The number of amides is 1. The maximum atomic E-state index is 12.1. The minimum Gasteiger partial charge on any atom is -0.497 e. The molecule has 0 radical (unpaired) electrons. The fourth-order valence-electron chi connectivity index (χ4n) is 2.29. The molecule has 0 aliphatic heterocycles. The van der Waals surface area contributed by atoms with Crippen LogP contribution in [0.25, 0.3) is 0 Å². The molecule has 0 aliphatic carbocycles. The van der Waals surface area contributed by atoms with Gasteiger partial charge in [0, 0.05) is 18.1 Å². The van der Waals surface area contributed by atoms with E-state index < -0.39 is 6.10 Å². The highest BCUT2D eigenvalue weighted by molar-refractivity contribution is 7.98. The van der Waals surface area contributed by atoms with Gasteiger partial charge in [0.15, 0.2) is 6.10 Å². The first-order chi connectivity index (χ1) is 12.1. The van der Waals surface area contributed by atoms with Gasteiger partial charge in [0.1, 0.15) is 11.5 Å². The molecule has 0 bridgehead atoms. The fourth-order valence-corrected chi connectivity index (χ4v) is 3.10. The predicted molar refractivity (Wildman–Crippen MR) is 103 cm³/mol. The Hall–Kier alpha value is -2.14.